The van der Waals surface area contributed by atoms with Gasteiger partial charge >= 0.3 is 5.97 Å². The van der Waals surface area contributed by atoms with Gasteiger partial charge in [-0.15, -0.1) is 0 Å². The molecule has 1 unspecified atom stereocenters. The second-order valence-corrected chi connectivity index (χ2v) is 7.87. The summed E-state index contributed by atoms with van der Waals surface area (Å²) >= 11 is 0. The number of carbonyl (C=O) groups is 3. The number of aliphatic hydroxyl groups is 1. The molecule has 0 bridgehead atoms. The summed E-state index contributed by atoms with van der Waals surface area (Å²) in [6, 6.07) is 11.5. The summed E-state index contributed by atoms with van der Waals surface area (Å²) in [7, 11) is 0. The van der Waals surface area contributed by atoms with Gasteiger partial charge in [0.1, 0.15) is 5.75 Å². The lowest BCUT2D eigenvalue weighted by Gasteiger charge is -2.28. The third-order valence-electron chi connectivity index (χ3n) is 4.92. The average molecular weight is 407 g/mol. The molecule has 6 heteroatoms. The van der Waals surface area contributed by atoms with Gasteiger partial charge in [-0.3, -0.25) is 19.3 Å². The lowest BCUT2D eigenvalue weighted by molar-refractivity contribution is -0.132. The number of rotatable bonds is 5. The maximum Gasteiger partial charge on any atom is 0.308 e. The van der Waals surface area contributed by atoms with Crippen LogP contribution in [-0.4, -0.2) is 22.8 Å². The highest BCUT2D eigenvalue weighted by Gasteiger charge is 2.45. The normalized spacial score (nSPS) is 16.4. The molecule has 0 radical (unpaired) electrons. The van der Waals surface area contributed by atoms with E-state index in [0.29, 0.717) is 17.0 Å². The topological polar surface area (TPSA) is 83.9 Å². The van der Waals surface area contributed by atoms with E-state index >= 15 is 0 Å². The van der Waals surface area contributed by atoms with Crippen molar-refractivity contribution < 1.29 is 24.2 Å². The van der Waals surface area contributed by atoms with Crippen LogP contribution in [0.4, 0.5) is 5.69 Å². The van der Waals surface area contributed by atoms with Crippen molar-refractivity contribution in [3.05, 3.63) is 70.5 Å². The Kier molecular flexibility index (Phi) is 5.78. The number of aryl methyl sites for hydroxylation is 2. The average Bonchev–Trinajstić information content (AvgIpc) is 2.91. The highest BCUT2D eigenvalue weighted by atomic mass is 16.5. The van der Waals surface area contributed by atoms with Crippen molar-refractivity contribution in [3.8, 4) is 5.75 Å². The van der Waals surface area contributed by atoms with Crippen LogP contribution >= 0.6 is 0 Å². The number of esters is 1. The fourth-order valence-electron chi connectivity index (χ4n) is 3.75. The van der Waals surface area contributed by atoms with Gasteiger partial charge in [0, 0.05) is 18.5 Å². The van der Waals surface area contributed by atoms with E-state index in [9.17, 15) is 19.5 Å². The molecule has 0 aromatic heterocycles. The van der Waals surface area contributed by atoms with Crippen LogP contribution in [-0.2, 0) is 14.4 Å². The van der Waals surface area contributed by atoms with Gasteiger partial charge in [-0.2, -0.15) is 0 Å². The van der Waals surface area contributed by atoms with Crippen molar-refractivity contribution in [2.45, 2.75) is 40.7 Å². The molecule has 6 nitrogen and oxygen atoms in total. The molecular weight excluding hydrogens is 382 g/mol. The Bertz CT molecular complexity index is 1050. The third-order valence-corrected chi connectivity index (χ3v) is 4.92. The first-order valence-electron chi connectivity index (χ1n) is 9.77. The highest BCUT2D eigenvalue weighted by molar-refractivity contribution is 6.16. The van der Waals surface area contributed by atoms with Crippen molar-refractivity contribution >= 4 is 23.3 Å². The van der Waals surface area contributed by atoms with Crippen LogP contribution in [0.15, 0.2) is 53.8 Å². The number of hydrogen-bond acceptors (Lipinski definition) is 5. The summed E-state index contributed by atoms with van der Waals surface area (Å²) < 4.78 is 5.18. The van der Waals surface area contributed by atoms with Crippen LogP contribution in [0.2, 0.25) is 0 Å². The van der Waals surface area contributed by atoms with Gasteiger partial charge in [0.2, 0.25) is 0 Å². The molecule has 156 valence electrons. The minimum absolute atomic E-state index is 0.0501. The fourth-order valence-corrected chi connectivity index (χ4v) is 3.75. The molecule has 1 aliphatic rings. The summed E-state index contributed by atoms with van der Waals surface area (Å²) in [5, 5.41) is 10.7. The number of hydrogen-bond donors (Lipinski definition) is 1. The molecule has 3 rings (SSSR count). The Morgan fingerprint density at radius 3 is 2.27 bits per heavy atom. The molecule has 0 saturated carbocycles. The summed E-state index contributed by atoms with van der Waals surface area (Å²) in [6.07, 6.45) is 0. The van der Waals surface area contributed by atoms with E-state index in [1.807, 2.05) is 32.0 Å². The zero-order chi connectivity index (χ0) is 22.2. The van der Waals surface area contributed by atoms with Gasteiger partial charge in [-0.05, 0) is 54.8 Å². The number of anilines is 1. The first-order valence-corrected chi connectivity index (χ1v) is 9.77. The number of carbonyl (C=O) groups excluding carboxylic acids is 3. The van der Waals surface area contributed by atoms with Crippen LogP contribution < -0.4 is 9.64 Å². The molecular formula is C24H25NO5. The molecule has 0 saturated heterocycles. The Morgan fingerprint density at radius 1 is 1.07 bits per heavy atom. The molecule has 2 aromatic carbocycles. The number of nitrogens with zero attached hydrogens (tertiary/aromatic N) is 1. The van der Waals surface area contributed by atoms with E-state index in [-0.39, 0.29) is 11.4 Å². The zero-order valence-electron chi connectivity index (χ0n) is 17.7. The smallest absolute Gasteiger partial charge is 0.308 e. The first-order chi connectivity index (χ1) is 14.1. The van der Waals surface area contributed by atoms with Gasteiger partial charge in [0.05, 0.1) is 11.6 Å². The van der Waals surface area contributed by atoms with Crippen molar-refractivity contribution in [1.82, 2.24) is 0 Å². The Labute approximate surface area is 175 Å². The standard InChI is InChI=1S/C24H25NO5/c1-13(2)22(27)20-21(17-7-6-8-19(12-17)30-16(5)26)25(24(29)23(20)28)18-10-14(3)9-15(4)11-18/h6-13,21,28H,1-5H3. The van der Waals surface area contributed by atoms with Gasteiger partial charge in [-0.1, -0.05) is 32.0 Å². The maximum atomic E-state index is 13.1. The summed E-state index contributed by atoms with van der Waals surface area (Å²) in [5.74, 6) is -2.07. The van der Waals surface area contributed by atoms with E-state index in [0.717, 1.165) is 11.1 Å². The molecule has 30 heavy (non-hydrogen) atoms. The summed E-state index contributed by atoms with van der Waals surface area (Å²) in [4.78, 5) is 38.9. The number of ketones is 1. The molecule has 1 aliphatic heterocycles. The second-order valence-electron chi connectivity index (χ2n) is 7.87. The van der Waals surface area contributed by atoms with E-state index in [2.05, 4.69) is 0 Å². The molecule has 1 heterocycles. The van der Waals surface area contributed by atoms with E-state index in [1.165, 1.54) is 11.8 Å². The SMILES string of the molecule is CC(=O)Oc1cccc(C2C(C(=O)C(C)C)=C(O)C(=O)N2c2cc(C)cc(C)c2)c1. The Balaban J connectivity index is 2.21. The number of Topliss-reactive ketones (excluding diaryl/α,β-unsaturated/α-hetero) is 1. The quantitative estimate of drug-likeness (QED) is 0.588. The summed E-state index contributed by atoms with van der Waals surface area (Å²) in [5.41, 5.74) is 3.10. The third kappa shape index (κ3) is 3.99. The van der Waals surface area contributed by atoms with E-state index in [1.54, 1.807) is 38.1 Å². The largest absolute Gasteiger partial charge is 0.503 e. The molecule has 1 amide bonds. The van der Waals surface area contributed by atoms with Gasteiger partial charge in [-0.25, -0.2) is 0 Å². The predicted molar refractivity (Wildman–Crippen MR) is 113 cm³/mol. The molecule has 0 spiro atoms. The van der Waals surface area contributed by atoms with Crippen molar-refractivity contribution in [2.24, 2.45) is 5.92 Å². The Hall–Kier alpha value is -3.41. The van der Waals surface area contributed by atoms with E-state index in [4.69, 9.17) is 4.74 Å². The molecule has 0 fully saturated rings. The Morgan fingerprint density at radius 2 is 1.70 bits per heavy atom. The molecule has 1 atom stereocenters. The van der Waals surface area contributed by atoms with Gasteiger partial charge in [0.25, 0.3) is 5.91 Å². The fraction of sp³-hybridized carbons (Fsp3) is 0.292. The zero-order valence-corrected chi connectivity index (χ0v) is 17.7. The van der Waals surface area contributed by atoms with Crippen LogP contribution in [0.25, 0.3) is 0 Å². The molecule has 0 aliphatic carbocycles. The van der Waals surface area contributed by atoms with Crippen molar-refractivity contribution in [2.75, 3.05) is 4.90 Å². The highest BCUT2D eigenvalue weighted by Crippen LogP contribution is 2.42. The molecule has 2 aromatic rings. The maximum absolute atomic E-state index is 13.1. The van der Waals surface area contributed by atoms with Crippen LogP contribution in [0.1, 0.15) is 43.5 Å². The van der Waals surface area contributed by atoms with Crippen LogP contribution in [0.5, 0.6) is 5.75 Å². The molecule has 1 N–H and O–H groups in total. The lowest BCUT2D eigenvalue weighted by atomic mass is 9.91. The number of ether oxygens (including phenoxy) is 1. The van der Waals surface area contributed by atoms with Crippen LogP contribution in [0.3, 0.4) is 0 Å². The number of aliphatic hydroxyl groups excluding tert-OH is 1. The van der Waals surface area contributed by atoms with Gasteiger partial charge < -0.3 is 9.84 Å². The predicted octanol–water partition coefficient (Wildman–Crippen LogP) is 4.35. The lowest BCUT2D eigenvalue weighted by Crippen LogP contribution is -2.31. The van der Waals surface area contributed by atoms with Crippen molar-refractivity contribution in [3.63, 3.8) is 0 Å². The monoisotopic (exact) mass is 407 g/mol. The summed E-state index contributed by atoms with van der Waals surface area (Å²) in [6.45, 7) is 8.58. The first kappa shape index (κ1) is 21.3. The number of benzene rings is 2. The van der Waals surface area contributed by atoms with Crippen molar-refractivity contribution in [1.29, 1.82) is 0 Å². The van der Waals surface area contributed by atoms with Crippen LogP contribution in [0, 0.1) is 19.8 Å². The van der Waals surface area contributed by atoms with E-state index < -0.39 is 29.6 Å². The second kappa shape index (κ2) is 8.14. The minimum atomic E-state index is -0.830. The van der Waals surface area contributed by atoms with Gasteiger partial charge in [0.15, 0.2) is 11.5 Å². The number of amides is 1. The minimum Gasteiger partial charge on any atom is -0.503 e.